The molecule has 0 aliphatic heterocycles. The predicted molar refractivity (Wildman–Crippen MR) is 97.6 cm³/mol. The Bertz CT molecular complexity index is 596. The van der Waals surface area contributed by atoms with E-state index in [2.05, 4.69) is 66.0 Å². The topological polar surface area (TPSA) is 86.6 Å². The average molecular weight is 341 g/mol. The van der Waals surface area contributed by atoms with E-state index in [0.717, 1.165) is 25.9 Å². The molecule has 0 aliphatic carbocycles. The van der Waals surface area contributed by atoms with Crippen molar-refractivity contribution in [1.82, 2.24) is 5.32 Å². The second kappa shape index (κ2) is 12.5. The largest absolute Gasteiger partial charge is 0.478 e. The molecule has 0 fully saturated rings. The van der Waals surface area contributed by atoms with E-state index in [1.54, 1.807) is 0 Å². The van der Waals surface area contributed by atoms with Crippen LogP contribution < -0.4 is 5.32 Å². The molecule has 132 valence electrons. The highest BCUT2D eigenvalue weighted by Gasteiger charge is 1.93. The Balaban J connectivity index is 0.000000333. The SMILES string of the molecule is O=C(O)C=CC(=O)O.c1ccc(CCNCCc2ccccc2)cc1. The summed E-state index contributed by atoms with van der Waals surface area (Å²) in [6, 6.07) is 21.2. The maximum Gasteiger partial charge on any atom is 0.328 e. The van der Waals surface area contributed by atoms with Gasteiger partial charge in [0.15, 0.2) is 0 Å². The normalized spacial score (nSPS) is 10.1. The Hall–Kier alpha value is -2.92. The van der Waals surface area contributed by atoms with Gasteiger partial charge in [-0.15, -0.1) is 0 Å². The van der Waals surface area contributed by atoms with Crippen LogP contribution in [0.5, 0.6) is 0 Å². The molecule has 2 aromatic carbocycles. The van der Waals surface area contributed by atoms with Crippen molar-refractivity contribution in [3.05, 3.63) is 83.9 Å². The minimum Gasteiger partial charge on any atom is -0.478 e. The maximum absolute atomic E-state index is 9.55. The molecule has 0 radical (unpaired) electrons. The summed E-state index contributed by atoms with van der Waals surface area (Å²) in [7, 11) is 0. The first kappa shape index (κ1) is 20.1. The molecule has 3 N–H and O–H groups in total. The van der Waals surface area contributed by atoms with E-state index in [4.69, 9.17) is 10.2 Å². The molecule has 0 atom stereocenters. The summed E-state index contributed by atoms with van der Waals surface area (Å²) in [4.78, 5) is 19.1. The summed E-state index contributed by atoms with van der Waals surface area (Å²) in [5, 5.41) is 19.1. The molecule has 0 unspecified atom stereocenters. The third kappa shape index (κ3) is 11.3. The van der Waals surface area contributed by atoms with Crippen LogP contribution in [0.15, 0.2) is 72.8 Å². The molecule has 5 heteroatoms. The van der Waals surface area contributed by atoms with Gasteiger partial charge < -0.3 is 15.5 Å². The zero-order chi connectivity index (χ0) is 18.3. The zero-order valence-corrected chi connectivity index (χ0v) is 14.0. The monoisotopic (exact) mass is 341 g/mol. The van der Waals surface area contributed by atoms with Crippen molar-refractivity contribution in [2.45, 2.75) is 12.8 Å². The van der Waals surface area contributed by atoms with Crippen molar-refractivity contribution >= 4 is 11.9 Å². The fraction of sp³-hybridized carbons (Fsp3) is 0.200. The van der Waals surface area contributed by atoms with Crippen molar-refractivity contribution in [1.29, 1.82) is 0 Å². The lowest BCUT2D eigenvalue weighted by molar-refractivity contribution is -0.134. The number of nitrogens with one attached hydrogen (secondary N) is 1. The molecule has 0 heterocycles. The second-order valence-electron chi connectivity index (χ2n) is 5.23. The lowest BCUT2D eigenvalue weighted by Crippen LogP contribution is -2.20. The van der Waals surface area contributed by atoms with Gasteiger partial charge in [0.1, 0.15) is 0 Å². The summed E-state index contributed by atoms with van der Waals surface area (Å²) < 4.78 is 0. The summed E-state index contributed by atoms with van der Waals surface area (Å²) in [5.41, 5.74) is 2.81. The second-order valence-corrected chi connectivity index (χ2v) is 5.23. The van der Waals surface area contributed by atoms with Crippen molar-refractivity contribution in [2.24, 2.45) is 0 Å². The first-order chi connectivity index (χ1) is 12.1. The van der Waals surface area contributed by atoms with Crippen molar-refractivity contribution in [3.63, 3.8) is 0 Å². The highest BCUT2D eigenvalue weighted by molar-refractivity contribution is 5.89. The average Bonchev–Trinajstić information content (AvgIpc) is 2.62. The molecule has 2 aromatic rings. The Kier molecular flexibility index (Phi) is 10.1. The van der Waals surface area contributed by atoms with Crippen molar-refractivity contribution in [3.8, 4) is 0 Å². The van der Waals surface area contributed by atoms with E-state index in [1.807, 2.05) is 0 Å². The molecule has 0 aliphatic rings. The van der Waals surface area contributed by atoms with Gasteiger partial charge in [0.25, 0.3) is 0 Å². The van der Waals surface area contributed by atoms with Gasteiger partial charge in [-0.05, 0) is 37.1 Å². The Morgan fingerprint density at radius 1 is 0.720 bits per heavy atom. The number of carboxylic acids is 2. The molecule has 0 spiro atoms. The highest BCUT2D eigenvalue weighted by atomic mass is 16.4. The van der Waals surface area contributed by atoms with Crippen molar-refractivity contribution < 1.29 is 19.8 Å². The van der Waals surface area contributed by atoms with Gasteiger partial charge in [-0.3, -0.25) is 0 Å². The van der Waals surface area contributed by atoms with Gasteiger partial charge in [0, 0.05) is 12.2 Å². The molecule has 2 rings (SSSR count). The fourth-order valence-corrected chi connectivity index (χ4v) is 2.02. The van der Waals surface area contributed by atoms with Gasteiger partial charge in [-0.2, -0.15) is 0 Å². The summed E-state index contributed by atoms with van der Waals surface area (Å²) in [6.45, 7) is 2.10. The minimum absolute atomic E-state index is 0.558. The molecule has 0 bridgehead atoms. The quantitative estimate of drug-likeness (QED) is 0.508. The van der Waals surface area contributed by atoms with E-state index < -0.39 is 11.9 Å². The number of carbonyl (C=O) groups is 2. The fourth-order valence-electron chi connectivity index (χ4n) is 2.02. The Labute approximate surface area is 147 Å². The van der Waals surface area contributed by atoms with Crippen LogP contribution in [0.25, 0.3) is 0 Å². The van der Waals surface area contributed by atoms with E-state index >= 15 is 0 Å². The van der Waals surface area contributed by atoms with Gasteiger partial charge >= 0.3 is 11.9 Å². The molecule has 0 amide bonds. The van der Waals surface area contributed by atoms with E-state index in [9.17, 15) is 9.59 Å². The van der Waals surface area contributed by atoms with Crippen LogP contribution in [0.4, 0.5) is 0 Å². The third-order valence-corrected chi connectivity index (χ3v) is 3.24. The van der Waals surface area contributed by atoms with Crippen LogP contribution in [-0.2, 0) is 22.4 Å². The number of carboxylic acid groups (broad SMARTS) is 2. The van der Waals surface area contributed by atoms with E-state index in [0.29, 0.717) is 12.2 Å². The molecule has 5 nitrogen and oxygen atoms in total. The molecule has 0 saturated heterocycles. The number of benzene rings is 2. The summed E-state index contributed by atoms with van der Waals surface area (Å²) >= 11 is 0. The van der Waals surface area contributed by atoms with Crippen LogP contribution in [0, 0.1) is 0 Å². The Morgan fingerprint density at radius 3 is 1.40 bits per heavy atom. The predicted octanol–water partition coefficient (Wildman–Crippen LogP) is 2.77. The summed E-state index contributed by atoms with van der Waals surface area (Å²) in [5.74, 6) is -2.51. The van der Waals surface area contributed by atoms with Gasteiger partial charge in [0.2, 0.25) is 0 Å². The van der Waals surface area contributed by atoms with Crippen LogP contribution in [0.2, 0.25) is 0 Å². The summed E-state index contributed by atoms with van der Waals surface area (Å²) in [6.07, 6.45) is 3.33. The number of rotatable bonds is 8. The zero-order valence-electron chi connectivity index (χ0n) is 14.0. The molecule has 25 heavy (non-hydrogen) atoms. The number of hydrogen-bond donors (Lipinski definition) is 3. The Morgan fingerprint density at radius 2 is 1.08 bits per heavy atom. The van der Waals surface area contributed by atoms with Gasteiger partial charge in [0.05, 0.1) is 0 Å². The van der Waals surface area contributed by atoms with Crippen LogP contribution >= 0.6 is 0 Å². The maximum atomic E-state index is 9.55. The first-order valence-corrected chi connectivity index (χ1v) is 8.00. The molecule has 0 saturated carbocycles. The van der Waals surface area contributed by atoms with Gasteiger partial charge in [-0.1, -0.05) is 60.7 Å². The lowest BCUT2D eigenvalue weighted by atomic mass is 10.1. The van der Waals surface area contributed by atoms with E-state index in [1.165, 1.54) is 11.1 Å². The van der Waals surface area contributed by atoms with Crippen LogP contribution in [0.1, 0.15) is 11.1 Å². The third-order valence-electron chi connectivity index (χ3n) is 3.24. The molecular weight excluding hydrogens is 318 g/mol. The molecular formula is C20H23NO4. The van der Waals surface area contributed by atoms with E-state index in [-0.39, 0.29) is 0 Å². The lowest BCUT2D eigenvalue weighted by Gasteiger charge is -2.05. The van der Waals surface area contributed by atoms with Crippen molar-refractivity contribution in [2.75, 3.05) is 13.1 Å². The first-order valence-electron chi connectivity index (χ1n) is 8.00. The highest BCUT2D eigenvalue weighted by Crippen LogP contribution is 1.99. The van der Waals surface area contributed by atoms with Gasteiger partial charge in [-0.25, -0.2) is 9.59 Å². The minimum atomic E-state index is -1.26. The van der Waals surface area contributed by atoms with Crippen LogP contribution in [0.3, 0.4) is 0 Å². The smallest absolute Gasteiger partial charge is 0.328 e. The number of aliphatic carboxylic acids is 2. The molecule has 0 aromatic heterocycles. The van der Waals surface area contributed by atoms with Crippen LogP contribution in [-0.4, -0.2) is 35.2 Å². The number of hydrogen-bond acceptors (Lipinski definition) is 3. The standard InChI is InChI=1S/C16H19N.C4H4O4/c1-3-7-15(8-4-1)11-13-17-14-12-16-9-5-2-6-10-16;5-3(6)1-2-4(7)8/h1-10,17H,11-14H2;1-2H,(H,5,6)(H,7,8).